The predicted octanol–water partition coefficient (Wildman–Crippen LogP) is -0.199. The van der Waals surface area contributed by atoms with Gasteiger partial charge in [-0.3, -0.25) is 10.2 Å². The van der Waals surface area contributed by atoms with Crippen molar-refractivity contribution in [2.45, 2.75) is 6.92 Å². The third-order valence-corrected chi connectivity index (χ3v) is 3.01. The molecule has 0 radical (unpaired) electrons. The van der Waals surface area contributed by atoms with Gasteiger partial charge in [-0.05, 0) is 14.0 Å². The maximum Gasteiger partial charge on any atom is 0.285 e. The van der Waals surface area contributed by atoms with Crippen molar-refractivity contribution < 1.29 is 4.79 Å². The summed E-state index contributed by atoms with van der Waals surface area (Å²) in [6.07, 6.45) is 3.06. The lowest BCUT2D eigenvalue weighted by Gasteiger charge is -2.32. The zero-order valence-corrected chi connectivity index (χ0v) is 11.4. The van der Waals surface area contributed by atoms with Gasteiger partial charge < -0.3 is 10.2 Å². The van der Waals surface area contributed by atoms with Crippen molar-refractivity contribution in [3.05, 3.63) is 18.1 Å². The summed E-state index contributed by atoms with van der Waals surface area (Å²) in [5.41, 5.74) is 3.19. The van der Waals surface area contributed by atoms with Gasteiger partial charge in [-0.1, -0.05) is 0 Å². The first-order chi connectivity index (χ1) is 9.19. The highest BCUT2D eigenvalue weighted by Gasteiger charge is 2.17. The number of hydrogen-bond donors (Lipinski definition) is 2. The Labute approximate surface area is 113 Å². The van der Waals surface area contributed by atoms with Crippen LogP contribution in [-0.4, -0.2) is 65.6 Å². The molecule has 2 heterocycles. The van der Waals surface area contributed by atoms with Gasteiger partial charge in [0.2, 0.25) is 0 Å². The lowest BCUT2D eigenvalue weighted by molar-refractivity contribution is 0.0657. The number of hydrogen-bond acceptors (Lipinski definition) is 6. The molecule has 0 saturated carbocycles. The van der Waals surface area contributed by atoms with Crippen molar-refractivity contribution >= 4 is 11.7 Å². The highest BCUT2D eigenvalue weighted by Crippen LogP contribution is 2.02. The van der Waals surface area contributed by atoms with E-state index in [1.54, 1.807) is 6.20 Å². The number of piperazine rings is 1. The van der Waals surface area contributed by atoms with Crippen molar-refractivity contribution in [3.63, 3.8) is 0 Å². The molecule has 0 aliphatic carbocycles. The van der Waals surface area contributed by atoms with Crippen molar-refractivity contribution in [3.8, 4) is 0 Å². The second kappa shape index (κ2) is 6.44. The Balaban J connectivity index is 1.88. The predicted molar refractivity (Wildman–Crippen MR) is 72.7 cm³/mol. The number of hydrazine groups is 1. The number of anilines is 1. The van der Waals surface area contributed by atoms with Gasteiger partial charge >= 0.3 is 0 Å². The summed E-state index contributed by atoms with van der Waals surface area (Å²) in [6.45, 7) is 6.31. The first-order valence-electron chi connectivity index (χ1n) is 6.49. The van der Waals surface area contributed by atoms with Crippen LogP contribution in [0.1, 0.15) is 17.4 Å². The van der Waals surface area contributed by atoms with Crippen molar-refractivity contribution in [1.82, 2.24) is 25.3 Å². The van der Waals surface area contributed by atoms with Gasteiger partial charge in [-0.2, -0.15) is 0 Å². The summed E-state index contributed by atoms with van der Waals surface area (Å²) in [7, 11) is 2.07. The lowest BCUT2D eigenvalue weighted by atomic mass is 10.4. The Morgan fingerprint density at radius 1 is 1.26 bits per heavy atom. The van der Waals surface area contributed by atoms with E-state index in [1.807, 2.05) is 11.9 Å². The van der Waals surface area contributed by atoms with Crippen molar-refractivity contribution in [2.24, 2.45) is 0 Å². The molecule has 0 spiro atoms. The smallest absolute Gasteiger partial charge is 0.285 e. The second-order valence-electron chi connectivity index (χ2n) is 4.55. The summed E-state index contributed by atoms with van der Waals surface area (Å²) < 4.78 is 0. The number of rotatable bonds is 4. The van der Waals surface area contributed by atoms with Gasteiger partial charge in [0, 0.05) is 32.7 Å². The fourth-order valence-electron chi connectivity index (χ4n) is 1.84. The van der Waals surface area contributed by atoms with Crippen LogP contribution in [0.5, 0.6) is 0 Å². The van der Waals surface area contributed by atoms with E-state index in [0.29, 0.717) is 11.5 Å². The molecule has 1 aromatic heterocycles. The molecule has 0 aromatic carbocycles. The summed E-state index contributed by atoms with van der Waals surface area (Å²) in [5.74, 6) is 0.471. The van der Waals surface area contributed by atoms with Crippen LogP contribution >= 0.6 is 0 Å². The van der Waals surface area contributed by atoms with Crippen molar-refractivity contribution in [1.29, 1.82) is 0 Å². The fraction of sp³-hybridized carbons (Fsp3) is 0.583. The van der Waals surface area contributed by atoms with Crippen LogP contribution in [0.2, 0.25) is 0 Å². The molecule has 1 aliphatic rings. The minimum atomic E-state index is -0.208. The SMILES string of the molecule is CCNc1cnc(C(=O)NN2CCN(C)CC2)cn1. The van der Waals surface area contributed by atoms with Gasteiger partial charge in [-0.25, -0.2) is 15.0 Å². The largest absolute Gasteiger partial charge is 0.369 e. The Bertz CT molecular complexity index is 413. The topological polar surface area (TPSA) is 73.4 Å². The summed E-state index contributed by atoms with van der Waals surface area (Å²) in [4.78, 5) is 22.4. The Hall–Kier alpha value is -1.73. The number of carbonyl (C=O) groups excluding carboxylic acids is 1. The van der Waals surface area contributed by atoms with Crippen LogP contribution in [0.4, 0.5) is 5.82 Å². The Morgan fingerprint density at radius 2 is 2.00 bits per heavy atom. The highest BCUT2D eigenvalue weighted by atomic mass is 16.2. The van der Waals surface area contributed by atoms with E-state index in [0.717, 1.165) is 32.7 Å². The van der Waals surface area contributed by atoms with E-state index in [4.69, 9.17) is 0 Å². The van der Waals surface area contributed by atoms with Gasteiger partial charge in [0.25, 0.3) is 5.91 Å². The van der Waals surface area contributed by atoms with E-state index in [9.17, 15) is 4.79 Å². The second-order valence-corrected chi connectivity index (χ2v) is 4.55. The van der Waals surface area contributed by atoms with Gasteiger partial charge in [0.15, 0.2) is 0 Å². The Kier molecular flexibility index (Phi) is 4.64. The standard InChI is InChI=1S/C12H20N6O/c1-3-13-11-9-14-10(8-15-11)12(19)16-18-6-4-17(2)5-7-18/h8-9H,3-7H2,1-2H3,(H,13,15)(H,16,19). The number of aromatic nitrogens is 2. The summed E-state index contributed by atoms with van der Waals surface area (Å²) >= 11 is 0. The molecule has 1 saturated heterocycles. The van der Waals surface area contributed by atoms with Crippen LogP contribution in [-0.2, 0) is 0 Å². The number of nitrogens with zero attached hydrogens (tertiary/aromatic N) is 4. The van der Waals surface area contributed by atoms with E-state index in [1.165, 1.54) is 6.20 Å². The zero-order valence-electron chi connectivity index (χ0n) is 11.4. The third-order valence-electron chi connectivity index (χ3n) is 3.01. The van der Waals surface area contributed by atoms with Crippen LogP contribution in [0.3, 0.4) is 0 Å². The van der Waals surface area contributed by atoms with Gasteiger partial charge in [-0.15, -0.1) is 0 Å². The number of likely N-dealkylation sites (N-methyl/N-ethyl adjacent to an activating group) is 1. The number of nitrogens with one attached hydrogen (secondary N) is 2. The maximum atomic E-state index is 12.0. The van der Waals surface area contributed by atoms with E-state index in [-0.39, 0.29) is 5.91 Å². The summed E-state index contributed by atoms with van der Waals surface area (Å²) in [6, 6.07) is 0. The molecule has 1 aliphatic heterocycles. The van der Waals surface area contributed by atoms with Crippen LogP contribution < -0.4 is 10.7 Å². The van der Waals surface area contributed by atoms with E-state index < -0.39 is 0 Å². The molecule has 7 nitrogen and oxygen atoms in total. The van der Waals surface area contributed by atoms with Crippen molar-refractivity contribution in [2.75, 3.05) is 45.1 Å². The molecule has 2 N–H and O–H groups in total. The van der Waals surface area contributed by atoms with Crippen LogP contribution in [0, 0.1) is 0 Å². The van der Waals surface area contributed by atoms with Gasteiger partial charge in [0.1, 0.15) is 11.5 Å². The van der Waals surface area contributed by atoms with Gasteiger partial charge in [0.05, 0.1) is 12.4 Å². The molecule has 19 heavy (non-hydrogen) atoms. The zero-order chi connectivity index (χ0) is 13.7. The van der Waals surface area contributed by atoms with E-state index >= 15 is 0 Å². The molecule has 1 aromatic rings. The molecule has 0 unspecified atom stereocenters. The van der Waals surface area contributed by atoms with Crippen LogP contribution in [0.15, 0.2) is 12.4 Å². The molecule has 104 valence electrons. The minimum absolute atomic E-state index is 0.208. The molecule has 2 rings (SSSR count). The molecule has 0 bridgehead atoms. The quantitative estimate of drug-likeness (QED) is 0.784. The first kappa shape index (κ1) is 13.7. The normalized spacial score (nSPS) is 17.2. The highest BCUT2D eigenvalue weighted by molar-refractivity contribution is 5.91. The molecule has 7 heteroatoms. The molecule has 1 amide bonds. The number of carbonyl (C=O) groups is 1. The minimum Gasteiger partial charge on any atom is -0.369 e. The summed E-state index contributed by atoms with van der Waals surface area (Å²) in [5, 5.41) is 4.96. The number of amides is 1. The first-order valence-corrected chi connectivity index (χ1v) is 6.49. The monoisotopic (exact) mass is 264 g/mol. The Morgan fingerprint density at radius 3 is 2.58 bits per heavy atom. The molecular weight excluding hydrogens is 244 g/mol. The maximum absolute atomic E-state index is 12.0. The fourth-order valence-corrected chi connectivity index (χ4v) is 1.84. The van der Waals surface area contributed by atoms with E-state index in [2.05, 4.69) is 32.7 Å². The van der Waals surface area contributed by atoms with Crippen LogP contribution in [0.25, 0.3) is 0 Å². The average Bonchev–Trinajstić information content (AvgIpc) is 2.42. The average molecular weight is 264 g/mol. The molecule has 1 fully saturated rings. The molecule has 0 atom stereocenters. The third kappa shape index (κ3) is 3.87. The molecular formula is C12H20N6O. The lowest BCUT2D eigenvalue weighted by Crippen LogP contribution is -2.52.